The van der Waals surface area contributed by atoms with Crippen LogP contribution in [0.15, 0.2) is 42.5 Å². The molecule has 0 radical (unpaired) electrons. The Labute approximate surface area is 201 Å². The van der Waals surface area contributed by atoms with E-state index in [9.17, 15) is 22.8 Å². The summed E-state index contributed by atoms with van der Waals surface area (Å²) in [4.78, 5) is 27.3. The maximum absolute atomic E-state index is 13.4. The van der Waals surface area contributed by atoms with Crippen LogP contribution < -0.4 is 4.90 Å². The predicted molar refractivity (Wildman–Crippen MR) is 122 cm³/mol. The number of anilines is 1. The Hall–Kier alpha value is -3.07. The average Bonchev–Trinajstić information content (AvgIpc) is 3.67. The van der Waals surface area contributed by atoms with Crippen LogP contribution in [0.25, 0.3) is 0 Å². The van der Waals surface area contributed by atoms with E-state index >= 15 is 0 Å². The molecule has 3 fully saturated rings. The number of nitrogens with zero attached hydrogens (tertiary/aromatic N) is 2. The number of hydrogen-bond acceptors (Lipinski definition) is 4. The molecule has 1 saturated carbocycles. The lowest BCUT2D eigenvalue weighted by molar-refractivity contribution is -0.138. The number of carbonyl (C=O) groups excluding carboxylic acids is 1. The van der Waals surface area contributed by atoms with E-state index in [2.05, 4.69) is 4.90 Å². The molecule has 2 aromatic rings. The molecule has 0 bridgehead atoms. The molecule has 35 heavy (non-hydrogen) atoms. The molecule has 2 saturated heterocycles. The maximum Gasteiger partial charge on any atom is 0.416 e. The lowest BCUT2D eigenvalue weighted by Crippen LogP contribution is -2.54. The number of benzene rings is 2. The number of carboxylic acids is 1. The number of likely N-dealkylation sites (tertiary alicyclic amines) is 1. The zero-order valence-corrected chi connectivity index (χ0v) is 19.2. The molecule has 1 aliphatic carbocycles. The van der Waals surface area contributed by atoms with Crippen molar-refractivity contribution in [2.45, 2.75) is 44.3 Å². The maximum atomic E-state index is 13.4. The summed E-state index contributed by atoms with van der Waals surface area (Å²) in [6, 6.07) is 10.7. The average molecular weight is 489 g/mol. The smallest absolute Gasteiger partial charge is 0.416 e. The van der Waals surface area contributed by atoms with Crippen molar-refractivity contribution in [2.75, 3.05) is 31.1 Å². The highest BCUT2D eigenvalue weighted by Gasteiger charge is 2.43. The zero-order valence-electron chi connectivity index (χ0n) is 19.2. The summed E-state index contributed by atoms with van der Waals surface area (Å²) in [5.74, 6) is -1.01. The minimum atomic E-state index is -4.33. The van der Waals surface area contributed by atoms with Gasteiger partial charge in [-0.25, -0.2) is 9.59 Å². The lowest BCUT2D eigenvalue weighted by Gasteiger charge is -2.46. The summed E-state index contributed by atoms with van der Waals surface area (Å²) < 4.78 is 45.7. The van der Waals surface area contributed by atoms with Crippen LogP contribution in [0.4, 0.5) is 23.7 Å². The van der Waals surface area contributed by atoms with Crippen molar-refractivity contribution in [1.29, 1.82) is 0 Å². The first-order valence-electron chi connectivity index (χ1n) is 11.8. The normalized spacial score (nSPS) is 20.7. The molecule has 2 aliphatic heterocycles. The molecule has 1 amide bonds. The van der Waals surface area contributed by atoms with Crippen molar-refractivity contribution in [3.8, 4) is 0 Å². The third-order valence-corrected chi connectivity index (χ3v) is 7.40. The Morgan fingerprint density at radius 1 is 1.09 bits per heavy atom. The summed E-state index contributed by atoms with van der Waals surface area (Å²) in [5.41, 5.74) is 1.34. The van der Waals surface area contributed by atoms with E-state index in [1.807, 2.05) is 0 Å². The summed E-state index contributed by atoms with van der Waals surface area (Å²) in [5, 5.41) is 9.10. The second-order valence-corrected chi connectivity index (χ2v) is 9.96. The van der Waals surface area contributed by atoms with E-state index in [0.717, 1.165) is 44.3 Å². The van der Waals surface area contributed by atoms with Gasteiger partial charge in [-0.15, -0.1) is 0 Å². The Morgan fingerprint density at radius 2 is 1.77 bits per heavy atom. The van der Waals surface area contributed by atoms with Crippen molar-refractivity contribution in [3.63, 3.8) is 0 Å². The first kappa shape index (κ1) is 23.7. The number of ether oxygens (including phenoxy) is 1. The highest BCUT2D eigenvalue weighted by molar-refractivity contribution is 5.91. The van der Waals surface area contributed by atoms with Gasteiger partial charge in [0.2, 0.25) is 0 Å². The van der Waals surface area contributed by atoms with Crippen molar-refractivity contribution in [3.05, 3.63) is 64.7 Å². The van der Waals surface area contributed by atoms with Crippen LogP contribution in [0.3, 0.4) is 0 Å². The van der Waals surface area contributed by atoms with E-state index in [1.165, 1.54) is 18.2 Å². The third-order valence-electron chi connectivity index (χ3n) is 7.40. The molecule has 0 atom stereocenters. The number of rotatable bonds is 5. The molecule has 0 unspecified atom stereocenters. The molecule has 3 aliphatic rings. The number of carboxylic acid groups (broad SMARTS) is 1. The number of halogens is 3. The number of hydrogen-bond donors (Lipinski definition) is 1. The molecule has 9 heteroatoms. The first-order chi connectivity index (χ1) is 16.6. The van der Waals surface area contributed by atoms with Gasteiger partial charge in [0, 0.05) is 24.2 Å². The molecule has 1 spiro atoms. The van der Waals surface area contributed by atoms with E-state index < -0.39 is 23.8 Å². The second-order valence-electron chi connectivity index (χ2n) is 9.96. The van der Waals surface area contributed by atoms with Gasteiger partial charge < -0.3 is 9.84 Å². The number of amides is 1. The van der Waals surface area contributed by atoms with E-state index in [-0.39, 0.29) is 16.9 Å². The lowest BCUT2D eigenvalue weighted by atomic mass is 9.77. The van der Waals surface area contributed by atoms with E-state index in [1.54, 1.807) is 29.2 Å². The summed E-state index contributed by atoms with van der Waals surface area (Å²) in [6.45, 7) is 2.91. The van der Waals surface area contributed by atoms with E-state index in [4.69, 9.17) is 9.84 Å². The third kappa shape index (κ3) is 5.00. The van der Waals surface area contributed by atoms with Crippen molar-refractivity contribution in [2.24, 2.45) is 5.41 Å². The monoisotopic (exact) mass is 488 g/mol. The van der Waals surface area contributed by atoms with Gasteiger partial charge in [0.1, 0.15) is 6.61 Å². The largest absolute Gasteiger partial charge is 0.478 e. The Morgan fingerprint density at radius 3 is 2.37 bits per heavy atom. The van der Waals surface area contributed by atoms with Crippen LogP contribution >= 0.6 is 0 Å². The van der Waals surface area contributed by atoms with Gasteiger partial charge in [0.15, 0.2) is 0 Å². The molecule has 1 N–H and O–H groups in total. The number of aromatic carboxylic acids is 1. The van der Waals surface area contributed by atoms with Crippen molar-refractivity contribution < 1.29 is 32.6 Å². The molecule has 5 rings (SSSR count). The quantitative estimate of drug-likeness (QED) is 0.600. The SMILES string of the molecule is O=C(O)c1ccc(N2CC3(CCN(Cc4ccc(C(F)(F)F)c(C5CC5)c4)CC3)COC2=O)cc1. The van der Waals surface area contributed by atoms with Gasteiger partial charge in [0.25, 0.3) is 0 Å². The minimum Gasteiger partial charge on any atom is -0.478 e. The molecular formula is C26H27F3N2O4. The Bertz CT molecular complexity index is 1120. The first-order valence-corrected chi connectivity index (χ1v) is 11.8. The fourth-order valence-corrected chi connectivity index (χ4v) is 5.17. The number of alkyl halides is 3. The van der Waals surface area contributed by atoms with Crippen LogP contribution in [-0.2, 0) is 17.5 Å². The fourth-order valence-electron chi connectivity index (χ4n) is 5.17. The van der Waals surface area contributed by atoms with Gasteiger partial charge in [-0.2, -0.15) is 13.2 Å². The van der Waals surface area contributed by atoms with Gasteiger partial charge in [-0.05, 0) is 86.1 Å². The van der Waals surface area contributed by atoms with Crippen LogP contribution in [0.2, 0.25) is 0 Å². The number of carbonyl (C=O) groups is 2. The standard InChI is InChI=1S/C26H27F3N2O4/c27-26(28,29)22-8-1-17(13-21(22)18-2-3-18)14-30-11-9-25(10-12-30)15-31(24(34)35-16-25)20-6-4-19(5-7-20)23(32)33/h1,4-8,13,18H,2-3,9-12,14-16H2,(H,32,33). The van der Waals surface area contributed by atoms with Crippen LogP contribution in [0.5, 0.6) is 0 Å². The highest BCUT2D eigenvalue weighted by atomic mass is 19.4. The van der Waals surface area contributed by atoms with Crippen LogP contribution in [0, 0.1) is 5.41 Å². The minimum absolute atomic E-state index is 0.0173. The van der Waals surface area contributed by atoms with Crippen molar-refractivity contribution in [1.82, 2.24) is 4.90 Å². The number of piperidine rings is 1. The van der Waals surface area contributed by atoms with Gasteiger partial charge in [-0.3, -0.25) is 9.80 Å². The summed E-state index contributed by atoms with van der Waals surface area (Å²) in [6.07, 6.45) is -1.56. The van der Waals surface area contributed by atoms with Gasteiger partial charge >= 0.3 is 18.2 Å². The molecule has 2 aromatic carbocycles. The second kappa shape index (κ2) is 8.86. The van der Waals surface area contributed by atoms with E-state index in [0.29, 0.717) is 30.9 Å². The Kier molecular flexibility index (Phi) is 5.99. The van der Waals surface area contributed by atoms with Gasteiger partial charge in [0.05, 0.1) is 11.1 Å². The molecular weight excluding hydrogens is 461 g/mol. The molecule has 6 nitrogen and oxygen atoms in total. The highest BCUT2D eigenvalue weighted by Crippen LogP contribution is 2.46. The summed E-state index contributed by atoms with van der Waals surface area (Å²) >= 11 is 0. The molecule has 2 heterocycles. The molecule has 186 valence electrons. The number of cyclic esters (lactones) is 1. The van der Waals surface area contributed by atoms with Gasteiger partial charge in [-0.1, -0.05) is 12.1 Å². The molecule has 0 aromatic heterocycles. The zero-order chi connectivity index (χ0) is 24.8. The van der Waals surface area contributed by atoms with Crippen LogP contribution in [-0.4, -0.2) is 48.3 Å². The van der Waals surface area contributed by atoms with Crippen LogP contribution in [0.1, 0.15) is 58.6 Å². The fraction of sp³-hybridized carbons (Fsp3) is 0.462. The van der Waals surface area contributed by atoms with Crippen molar-refractivity contribution >= 4 is 17.7 Å². The Balaban J connectivity index is 1.24. The summed E-state index contributed by atoms with van der Waals surface area (Å²) in [7, 11) is 0. The topological polar surface area (TPSA) is 70.1 Å². The predicted octanol–water partition coefficient (Wildman–Crippen LogP) is 5.52.